The highest BCUT2D eigenvalue weighted by molar-refractivity contribution is 7.89. The van der Waals surface area contributed by atoms with Crippen LogP contribution in [0.4, 0.5) is 0 Å². The Morgan fingerprint density at radius 2 is 1.76 bits per heavy atom. The summed E-state index contributed by atoms with van der Waals surface area (Å²) in [7, 11) is -1.15. The number of hydrogen-bond donors (Lipinski definition) is 1. The Balaban J connectivity index is 2.07. The smallest absolute Gasteiger partial charge is 0.338 e. The van der Waals surface area contributed by atoms with Gasteiger partial charge in [-0.1, -0.05) is 41.4 Å². The summed E-state index contributed by atoms with van der Waals surface area (Å²) in [4.78, 5) is 24.4. The van der Waals surface area contributed by atoms with Crippen LogP contribution in [0.15, 0.2) is 47.4 Å². The lowest BCUT2D eigenvalue weighted by atomic mass is 10.2. The van der Waals surface area contributed by atoms with Crippen molar-refractivity contribution in [1.29, 1.82) is 0 Å². The number of carbonyl (C=O) groups excluding carboxylic acids is 2. The molecule has 0 aliphatic rings. The summed E-state index contributed by atoms with van der Waals surface area (Å²) in [6.07, 6.45) is -1.10. The monoisotopic (exact) mass is 458 g/mol. The van der Waals surface area contributed by atoms with Gasteiger partial charge in [-0.3, -0.25) is 4.79 Å². The molecule has 2 rings (SSSR count). The first kappa shape index (κ1) is 23.2. The van der Waals surface area contributed by atoms with Gasteiger partial charge in [0.05, 0.1) is 10.6 Å². The zero-order chi connectivity index (χ0) is 21.8. The Morgan fingerprint density at radius 3 is 2.38 bits per heavy atom. The number of rotatable bonds is 7. The molecule has 0 aliphatic heterocycles. The van der Waals surface area contributed by atoms with E-state index >= 15 is 0 Å². The van der Waals surface area contributed by atoms with Gasteiger partial charge >= 0.3 is 5.97 Å². The van der Waals surface area contributed by atoms with E-state index in [-0.39, 0.29) is 22.0 Å². The number of ether oxygens (including phenoxy) is 1. The van der Waals surface area contributed by atoms with Crippen molar-refractivity contribution in [3.63, 3.8) is 0 Å². The summed E-state index contributed by atoms with van der Waals surface area (Å²) < 4.78 is 30.8. The van der Waals surface area contributed by atoms with E-state index in [9.17, 15) is 18.0 Å². The van der Waals surface area contributed by atoms with Crippen molar-refractivity contribution in [2.24, 2.45) is 0 Å². The molecule has 29 heavy (non-hydrogen) atoms. The summed E-state index contributed by atoms with van der Waals surface area (Å²) in [6.45, 7) is 1.58. The van der Waals surface area contributed by atoms with Gasteiger partial charge in [0, 0.05) is 25.7 Å². The fraction of sp³-hybridized carbons (Fsp3) is 0.263. The summed E-state index contributed by atoms with van der Waals surface area (Å²) in [5.74, 6) is -1.37. The first-order valence-corrected chi connectivity index (χ1v) is 10.7. The molecule has 1 atom stereocenters. The molecule has 0 saturated carbocycles. The van der Waals surface area contributed by atoms with Gasteiger partial charge in [-0.15, -0.1) is 0 Å². The number of esters is 1. The highest BCUT2D eigenvalue weighted by Crippen LogP contribution is 2.25. The second kappa shape index (κ2) is 9.58. The number of halogens is 2. The van der Waals surface area contributed by atoms with E-state index in [0.29, 0.717) is 5.02 Å². The van der Waals surface area contributed by atoms with Crippen molar-refractivity contribution in [3.05, 3.63) is 63.6 Å². The lowest BCUT2D eigenvalue weighted by Gasteiger charge is -2.16. The van der Waals surface area contributed by atoms with Gasteiger partial charge in [-0.05, 0) is 36.8 Å². The van der Waals surface area contributed by atoms with Crippen molar-refractivity contribution >= 4 is 45.1 Å². The van der Waals surface area contributed by atoms with Crippen LogP contribution in [-0.2, 0) is 26.1 Å². The third kappa shape index (κ3) is 5.70. The average molecular weight is 459 g/mol. The van der Waals surface area contributed by atoms with Crippen LogP contribution in [-0.4, -0.2) is 44.8 Å². The second-order valence-electron chi connectivity index (χ2n) is 6.29. The standard InChI is InChI=1S/C19H20Cl2N2O5S/c1-12(18(24)22-11-14-6-4-5-7-15(14)20)28-19(25)13-8-9-16(21)17(10-13)29(26,27)23(2)3/h4-10,12H,11H2,1-3H3,(H,22,24). The van der Waals surface area contributed by atoms with E-state index in [1.54, 1.807) is 24.3 Å². The van der Waals surface area contributed by atoms with Crippen LogP contribution in [0.1, 0.15) is 22.8 Å². The molecule has 156 valence electrons. The van der Waals surface area contributed by atoms with E-state index < -0.39 is 28.0 Å². The lowest BCUT2D eigenvalue weighted by molar-refractivity contribution is -0.129. The average Bonchev–Trinajstić information content (AvgIpc) is 2.66. The van der Waals surface area contributed by atoms with Crippen molar-refractivity contribution in [3.8, 4) is 0 Å². The molecule has 0 spiro atoms. The molecular formula is C19H20Cl2N2O5S. The maximum absolute atomic E-state index is 12.4. The normalized spacial score (nSPS) is 12.5. The van der Waals surface area contributed by atoms with E-state index in [1.807, 2.05) is 0 Å². The summed E-state index contributed by atoms with van der Waals surface area (Å²) >= 11 is 12.0. The predicted molar refractivity (Wildman–Crippen MR) is 111 cm³/mol. The first-order valence-electron chi connectivity index (χ1n) is 8.48. The quantitative estimate of drug-likeness (QED) is 0.643. The molecule has 7 nitrogen and oxygen atoms in total. The van der Waals surface area contributed by atoms with E-state index in [2.05, 4.69) is 5.32 Å². The SMILES string of the molecule is CC(OC(=O)c1ccc(Cl)c(S(=O)(=O)N(C)C)c1)C(=O)NCc1ccccc1Cl. The number of nitrogens with one attached hydrogen (secondary N) is 1. The first-order chi connectivity index (χ1) is 13.5. The third-order valence-corrected chi connectivity index (χ3v) is 6.65. The fourth-order valence-electron chi connectivity index (χ4n) is 2.27. The second-order valence-corrected chi connectivity index (χ2v) is 9.22. The van der Waals surface area contributed by atoms with Crippen molar-refractivity contribution in [2.75, 3.05) is 14.1 Å². The van der Waals surface area contributed by atoms with Crippen LogP contribution in [0.5, 0.6) is 0 Å². The van der Waals surface area contributed by atoms with Crippen molar-refractivity contribution in [2.45, 2.75) is 24.5 Å². The molecule has 0 fully saturated rings. The maximum atomic E-state index is 12.4. The van der Waals surface area contributed by atoms with Crippen molar-refractivity contribution < 1.29 is 22.7 Å². The largest absolute Gasteiger partial charge is 0.449 e. The van der Waals surface area contributed by atoms with Crippen molar-refractivity contribution in [1.82, 2.24) is 9.62 Å². The Kier molecular flexibility index (Phi) is 7.65. The minimum absolute atomic E-state index is 0.0271. The van der Waals surface area contributed by atoms with Gasteiger partial charge < -0.3 is 10.1 Å². The number of benzene rings is 2. The zero-order valence-electron chi connectivity index (χ0n) is 16.0. The third-order valence-electron chi connectivity index (χ3n) is 3.99. The van der Waals surface area contributed by atoms with Crippen LogP contribution in [0.25, 0.3) is 0 Å². The Hall–Kier alpha value is -2.13. The van der Waals surface area contributed by atoms with Gasteiger partial charge in [0.15, 0.2) is 6.10 Å². The molecule has 0 bridgehead atoms. The molecule has 0 heterocycles. The highest BCUT2D eigenvalue weighted by Gasteiger charge is 2.24. The van der Waals surface area contributed by atoms with Gasteiger partial charge in [0.25, 0.3) is 5.91 Å². The Labute approximate surface area is 179 Å². The Bertz CT molecular complexity index is 1030. The molecule has 0 aromatic heterocycles. The minimum atomic E-state index is -3.85. The summed E-state index contributed by atoms with van der Waals surface area (Å²) in [5, 5.41) is 3.11. The number of hydrogen-bond acceptors (Lipinski definition) is 5. The van der Waals surface area contributed by atoms with Crippen LogP contribution in [0, 0.1) is 0 Å². The number of nitrogens with zero attached hydrogens (tertiary/aromatic N) is 1. The molecule has 0 radical (unpaired) electrons. The summed E-state index contributed by atoms with van der Waals surface area (Å²) in [6, 6.07) is 10.8. The number of amides is 1. The van der Waals surface area contributed by atoms with E-state index in [1.165, 1.54) is 33.2 Å². The van der Waals surface area contributed by atoms with Crippen LogP contribution >= 0.6 is 23.2 Å². The van der Waals surface area contributed by atoms with Gasteiger partial charge in [0.1, 0.15) is 4.90 Å². The number of carbonyl (C=O) groups is 2. The van der Waals surface area contributed by atoms with Gasteiger partial charge in [-0.25, -0.2) is 17.5 Å². The van der Waals surface area contributed by atoms with E-state index in [4.69, 9.17) is 27.9 Å². The molecule has 2 aromatic carbocycles. The maximum Gasteiger partial charge on any atom is 0.338 e. The molecule has 0 aliphatic carbocycles. The molecule has 1 unspecified atom stereocenters. The minimum Gasteiger partial charge on any atom is -0.449 e. The van der Waals surface area contributed by atoms with E-state index in [0.717, 1.165) is 15.9 Å². The molecular weight excluding hydrogens is 439 g/mol. The summed E-state index contributed by atoms with van der Waals surface area (Å²) in [5.41, 5.74) is 0.679. The molecule has 2 aromatic rings. The molecule has 0 saturated heterocycles. The lowest BCUT2D eigenvalue weighted by Crippen LogP contribution is -2.35. The molecule has 1 N–H and O–H groups in total. The van der Waals surface area contributed by atoms with Gasteiger partial charge in [-0.2, -0.15) is 0 Å². The van der Waals surface area contributed by atoms with Gasteiger partial charge in [0.2, 0.25) is 10.0 Å². The number of sulfonamides is 1. The highest BCUT2D eigenvalue weighted by atomic mass is 35.5. The van der Waals surface area contributed by atoms with Crippen LogP contribution < -0.4 is 5.32 Å². The van der Waals surface area contributed by atoms with Crippen LogP contribution in [0.2, 0.25) is 10.0 Å². The molecule has 10 heteroatoms. The Morgan fingerprint density at radius 1 is 1.10 bits per heavy atom. The fourth-order valence-corrected chi connectivity index (χ4v) is 3.87. The predicted octanol–water partition coefficient (Wildman–Crippen LogP) is 3.11. The zero-order valence-corrected chi connectivity index (χ0v) is 18.3. The van der Waals surface area contributed by atoms with Crippen LogP contribution in [0.3, 0.4) is 0 Å². The molecule has 1 amide bonds. The topological polar surface area (TPSA) is 92.8 Å².